The molecule has 0 aliphatic heterocycles. The Labute approximate surface area is 82.6 Å². The van der Waals surface area contributed by atoms with E-state index in [-0.39, 0.29) is 4.84 Å². The lowest BCUT2D eigenvalue weighted by atomic mass is 10.3. The smallest absolute Gasteiger partial charge is 0.284 e. The zero-order valence-electron chi connectivity index (χ0n) is 6.48. The number of nitrogens with zero attached hydrogens (tertiary/aromatic N) is 2. The summed E-state index contributed by atoms with van der Waals surface area (Å²) in [6, 6.07) is 0. The molecular weight excluding hydrogens is 208 g/mol. The Morgan fingerprint density at radius 1 is 1.69 bits per heavy atom. The van der Waals surface area contributed by atoms with Crippen LogP contribution in [0.2, 0.25) is 0 Å². The number of nitrogens with two attached hydrogens (primary N) is 1. The quantitative estimate of drug-likeness (QED) is 0.738. The molecule has 2 rings (SSSR count). The van der Waals surface area contributed by atoms with Gasteiger partial charge in [0.2, 0.25) is 5.89 Å². The Morgan fingerprint density at radius 2 is 2.54 bits per heavy atom. The summed E-state index contributed by atoms with van der Waals surface area (Å²) in [5.41, 5.74) is 6.31. The topological polar surface area (TPSA) is 80.7 Å². The molecule has 0 saturated carbocycles. The molecule has 2 aromatic rings. The molecule has 0 atom stereocenters. The molecule has 3 N–H and O–H groups in total. The van der Waals surface area contributed by atoms with Crippen LogP contribution in [0.25, 0.3) is 0 Å². The van der Waals surface area contributed by atoms with E-state index in [0.29, 0.717) is 17.4 Å². The maximum Gasteiger partial charge on any atom is 0.284 e. The van der Waals surface area contributed by atoms with Crippen LogP contribution in [-0.2, 0) is 6.42 Å². The predicted molar refractivity (Wildman–Crippen MR) is 51.0 cm³/mol. The molecule has 0 bridgehead atoms. The standard InChI is InChI=1S/C6H6N4OS2/c7-5-8-3(2-13-5)1-4-9-10-6(12)11-4/h2H,1H2,(H2,7,8)(H,10,12). The molecule has 13 heavy (non-hydrogen) atoms. The van der Waals surface area contributed by atoms with Crippen molar-refractivity contribution in [1.29, 1.82) is 0 Å². The second-order valence-corrected chi connectivity index (χ2v) is 3.62. The number of nitrogens with one attached hydrogen (secondary N) is 1. The number of anilines is 1. The number of H-pyrrole nitrogens is 1. The van der Waals surface area contributed by atoms with E-state index in [0.717, 1.165) is 5.69 Å². The van der Waals surface area contributed by atoms with Gasteiger partial charge in [0.1, 0.15) is 0 Å². The number of thiazole rings is 1. The molecule has 0 spiro atoms. The average Bonchev–Trinajstić information content (AvgIpc) is 2.62. The molecule has 0 aliphatic carbocycles. The van der Waals surface area contributed by atoms with E-state index >= 15 is 0 Å². The van der Waals surface area contributed by atoms with E-state index in [2.05, 4.69) is 15.2 Å². The third-order valence-corrected chi connectivity index (χ3v) is 2.28. The van der Waals surface area contributed by atoms with Crippen LogP contribution >= 0.6 is 23.6 Å². The fraction of sp³-hybridized carbons (Fsp3) is 0.167. The van der Waals surface area contributed by atoms with Gasteiger partial charge in [0.15, 0.2) is 5.13 Å². The van der Waals surface area contributed by atoms with E-state index in [1.54, 1.807) is 0 Å². The molecule has 68 valence electrons. The molecule has 0 fully saturated rings. The summed E-state index contributed by atoms with van der Waals surface area (Å²) in [6.45, 7) is 0. The number of hydrogen-bond donors (Lipinski definition) is 2. The Kier molecular flexibility index (Phi) is 2.11. The van der Waals surface area contributed by atoms with Crippen LogP contribution in [0.15, 0.2) is 9.80 Å². The Morgan fingerprint density at radius 3 is 3.08 bits per heavy atom. The van der Waals surface area contributed by atoms with Gasteiger partial charge in [-0.2, -0.15) is 0 Å². The minimum absolute atomic E-state index is 0.276. The van der Waals surface area contributed by atoms with Gasteiger partial charge in [0.25, 0.3) is 4.84 Å². The first-order valence-electron chi connectivity index (χ1n) is 3.48. The molecule has 0 radical (unpaired) electrons. The number of aromatic amines is 1. The SMILES string of the molecule is Nc1nc(Cc2n[nH]c(=S)o2)cs1. The highest BCUT2D eigenvalue weighted by molar-refractivity contribution is 7.71. The highest BCUT2D eigenvalue weighted by Gasteiger charge is 2.04. The molecular formula is C6H6N4OS2. The van der Waals surface area contributed by atoms with Crippen molar-refractivity contribution < 1.29 is 4.42 Å². The summed E-state index contributed by atoms with van der Waals surface area (Å²) in [5.74, 6) is 0.523. The summed E-state index contributed by atoms with van der Waals surface area (Å²) in [7, 11) is 0. The molecule has 2 heterocycles. The lowest BCUT2D eigenvalue weighted by Crippen LogP contribution is -1.90. The first-order valence-corrected chi connectivity index (χ1v) is 4.77. The molecule has 0 saturated heterocycles. The van der Waals surface area contributed by atoms with Crippen molar-refractivity contribution >= 4 is 28.7 Å². The van der Waals surface area contributed by atoms with Gasteiger partial charge in [-0.25, -0.2) is 10.1 Å². The average molecular weight is 214 g/mol. The fourth-order valence-electron chi connectivity index (χ4n) is 0.895. The van der Waals surface area contributed by atoms with Crippen molar-refractivity contribution in [3.05, 3.63) is 21.8 Å². The van der Waals surface area contributed by atoms with Crippen molar-refractivity contribution in [2.24, 2.45) is 0 Å². The van der Waals surface area contributed by atoms with Gasteiger partial charge in [0.05, 0.1) is 12.1 Å². The van der Waals surface area contributed by atoms with E-state index in [1.165, 1.54) is 11.3 Å². The highest BCUT2D eigenvalue weighted by Crippen LogP contribution is 2.13. The van der Waals surface area contributed by atoms with Crippen molar-refractivity contribution in [2.45, 2.75) is 6.42 Å². The molecule has 0 amide bonds. The largest absolute Gasteiger partial charge is 0.414 e. The lowest BCUT2D eigenvalue weighted by Gasteiger charge is -1.86. The second kappa shape index (κ2) is 3.27. The van der Waals surface area contributed by atoms with Crippen molar-refractivity contribution in [3.63, 3.8) is 0 Å². The van der Waals surface area contributed by atoms with Crippen molar-refractivity contribution in [2.75, 3.05) is 5.73 Å². The zero-order valence-corrected chi connectivity index (χ0v) is 8.11. The summed E-state index contributed by atoms with van der Waals surface area (Å²) in [5, 5.41) is 8.80. The molecule has 0 unspecified atom stereocenters. The number of nitrogen functional groups attached to an aromatic ring is 1. The fourth-order valence-corrected chi connectivity index (χ4v) is 1.60. The van der Waals surface area contributed by atoms with E-state index in [9.17, 15) is 0 Å². The monoisotopic (exact) mass is 214 g/mol. The van der Waals surface area contributed by atoms with Gasteiger partial charge in [-0.1, -0.05) is 0 Å². The Hall–Kier alpha value is -1.21. The normalized spacial score (nSPS) is 10.5. The van der Waals surface area contributed by atoms with E-state index in [4.69, 9.17) is 22.4 Å². The third-order valence-electron chi connectivity index (χ3n) is 1.38. The van der Waals surface area contributed by atoms with Crippen molar-refractivity contribution in [1.82, 2.24) is 15.2 Å². The minimum atomic E-state index is 0.276. The summed E-state index contributed by atoms with van der Waals surface area (Å²) < 4.78 is 5.07. The number of aromatic nitrogens is 3. The van der Waals surface area contributed by atoms with Gasteiger partial charge in [-0.05, 0) is 12.2 Å². The molecule has 2 aromatic heterocycles. The van der Waals surface area contributed by atoms with Gasteiger partial charge >= 0.3 is 0 Å². The first kappa shape index (κ1) is 8.39. The van der Waals surface area contributed by atoms with E-state index in [1.807, 2.05) is 5.38 Å². The highest BCUT2D eigenvalue weighted by atomic mass is 32.1. The van der Waals surface area contributed by atoms with Crippen LogP contribution < -0.4 is 5.73 Å². The molecule has 0 aromatic carbocycles. The van der Waals surface area contributed by atoms with Gasteiger partial charge in [0, 0.05) is 5.38 Å². The predicted octanol–water partition coefficient (Wildman–Crippen LogP) is 1.36. The summed E-state index contributed by atoms with van der Waals surface area (Å²) in [6.07, 6.45) is 0.515. The van der Waals surface area contributed by atoms with Crippen LogP contribution in [0, 0.1) is 4.84 Å². The molecule has 0 aliphatic rings. The van der Waals surface area contributed by atoms with Gasteiger partial charge < -0.3 is 10.2 Å². The van der Waals surface area contributed by atoms with Gasteiger partial charge in [-0.15, -0.1) is 16.4 Å². The maximum atomic E-state index is 5.47. The Bertz CT molecular complexity index is 457. The molecule has 5 nitrogen and oxygen atoms in total. The minimum Gasteiger partial charge on any atom is -0.414 e. The Balaban J connectivity index is 2.19. The number of hydrogen-bond acceptors (Lipinski definition) is 6. The second-order valence-electron chi connectivity index (χ2n) is 2.36. The van der Waals surface area contributed by atoms with Crippen LogP contribution in [0.3, 0.4) is 0 Å². The molecule has 7 heteroatoms. The van der Waals surface area contributed by atoms with Crippen LogP contribution in [-0.4, -0.2) is 15.2 Å². The van der Waals surface area contributed by atoms with Gasteiger partial charge in [-0.3, -0.25) is 0 Å². The number of rotatable bonds is 2. The van der Waals surface area contributed by atoms with Crippen LogP contribution in [0.5, 0.6) is 0 Å². The van der Waals surface area contributed by atoms with Crippen molar-refractivity contribution in [3.8, 4) is 0 Å². The van der Waals surface area contributed by atoms with Crippen LogP contribution in [0.1, 0.15) is 11.6 Å². The third kappa shape index (κ3) is 1.93. The van der Waals surface area contributed by atoms with Crippen LogP contribution in [0.4, 0.5) is 5.13 Å². The maximum absolute atomic E-state index is 5.47. The first-order chi connectivity index (χ1) is 6.24. The lowest BCUT2D eigenvalue weighted by molar-refractivity contribution is 0.490. The zero-order chi connectivity index (χ0) is 9.26. The van der Waals surface area contributed by atoms with E-state index < -0.39 is 0 Å². The summed E-state index contributed by atoms with van der Waals surface area (Å²) >= 11 is 6.12. The summed E-state index contributed by atoms with van der Waals surface area (Å²) in [4.78, 5) is 4.34.